The topological polar surface area (TPSA) is 116 Å². The average Bonchev–Trinajstić information content (AvgIpc) is 2.60. The first kappa shape index (κ1) is 20.3. The number of hydrogen-bond acceptors (Lipinski definition) is 5. The van der Waals surface area contributed by atoms with Gasteiger partial charge < -0.3 is 10.1 Å². The van der Waals surface area contributed by atoms with Gasteiger partial charge in [-0.25, -0.2) is 18.4 Å². The van der Waals surface area contributed by atoms with E-state index >= 15 is 0 Å². The second kappa shape index (κ2) is 8.61. The van der Waals surface area contributed by atoms with E-state index in [1.807, 2.05) is 31.2 Å². The van der Waals surface area contributed by atoms with Gasteiger partial charge in [0.1, 0.15) is 0 Å². The van der Waals surface area contributed by atoms with Gasteiger partial charge in [0.25, 0.3) is 5.91 Å². The quantitative estimate of drug-likeness (QED) is 0.581. The van der Waals surface area contributed by atoms with Gasteiger partial charge in [-0.3, -0.25) is 4.79 Å². The van der Waals surface area contributed by atoms with Crippen molar-refractivity contribution in [2.24, 2.45) is 5.14 Å². The van der Waals surface area contributed by atoms with E-state index in [4.69, 9.17) is 9.88 Å². The lowest BCUT2D eigenvalue weighted by molar-refractivity contribution is -0.148. The smallest absolute Gasteiger partial charge is 0.331 e. The molecule has 0 aliphatic carbocycles. The van der Waals surface area contributed by atoms with Gasteiger partial charge in [0.15, 0.2) is 6.10 Å². The molecule has 0 bridgehead atoms. The highest BCUT2D eigenvalue weighted by Crippen LogP contribution is 2.15. The van der Waals surface area contributed by atoms with Crippen molar-refractivity contribution < 1.29 is 22.7 Å². The van der Waals surface area contributed by atoms with Crippen molar-refractivity contribution in [2.45, 2.75) is 24.8 Å². The van der Waals surface area contributed by atoms with Crippen molar-refractivity contribution in [3.63, 3.8) is 0 Å². The third-order valence-corrected chi connectivity index (χ3v) is 4.59. The molecule has 0 saturated carbocycles. The molecule has 0 aromatic heterocycles. The van der Waals surface area contributed by atoms with Gasteiger partial charge in [0, 0.05) is 11.8 Å². The number of primary sulfonamides is 1. The zero-order valence-electron chi connectivity index (χ0n) is 14.9. The van der Waals surface area contributed by atoms with Gasteiger partial charge in [0.05, 0.1) is 4.90 Å². The minimum atomic E-state index is -3.88. The predicted molar refractivity (Wildman–Crippen MR) is 102 cm³/mol. The monoisotopic (exact) mass is 388 g/mol. The van der Waals surface area contributed by atoms with Gasteiger partial charge in [-0.05, 0) is 49.2 Å². The van der Waals surface area contributed by atoms with E-state index in [1.165, 1.54) is 37.3 Å². The van der Waals surface area contributed by atoms with Crippen LogP contribution in [0.1, 0.15) is 18.1 Å². The molecule has 2 rings (SSSR count). The molecule has 1 amide bonds. The molecule has 142 valence electrons. The minimum absolute atomic E-state index is 0.133. The highest BCUT2D eigenvalue weighted by atomic mass is 32.2. The summed E-state index contributed by atoms with van der Waals surface area (Å²) in [6, 6.07) is 13.0. The Morgan fingerprint density at radius 3 is 2.52 bits per heavy atom. The Kier molecular flexibility index (Phi) is 6.49. The van der Waals surface area contributed by atoms with Crippen LogP contribution in [0.2, 0.25) is 0 Å². The number of ether oxygens (including phenoxy) is 1. The van der Waals surface area contributed by atoms with Crippen LogP contribution in [0.3, 0.4) is 0 Å². The first-order valence-corrected chi connectivity index (χ1v) is 9.59. The molecule has 0 aliphatic rings. The normalized spacial score (nSPS) is 12.6. The fourth-order valence-electron chi connectivity index (χ4n) is 2.19. The van der Waals surface area contributed by atoms with Crippen LogP contribution in [0.4, 0.5) is 5.69 Å². The Morgan fingerprint density at radius 1 is 1.15 bits per heavy atom. The number of hydrogen-bond donors (Lipinski definition) is 2. The number of esters is 1. The number of sulfonamides is 1. The second-order valence-corrected chi connectivity index (χ2v) is 7.39. The van der Waals surface area contributed by atoms with Crippen molar-refractivity contribution >= 4 is 33.7 Å². The zero-order chi connectivity index (χ0) is 20.0. The van der Waals surface area contributed by atoms with Gasteiger partial charge in [-0.1, -0.05) is 30.3 Å². The molecule has 7 nitrogen and oxygen atoms in total. The molecule has 0 heterocycles. The van der Waals surface area contributed by atoms with Gasteiger partial charge in [0.2, 0.25) is 10.0 Å². The summed E-state index contributed by atoms with van der Waals surface area (Å²) in [6.45, 7) is 3.33. The molecule has 2 aromatic rings. The Balaban J connectivity index is 1.97. The van der Waals surface area contributed by atoms with Crippen molar-refractivity contribution in [2.75, 3.05) is 5.32 Å². The Bertz CT molecular complexity index is 983. The number of anilines is 1. The van der Waals surface area contributed by atoms with Crippen LogP contribution in [0, 0.1) is 6.92 Å². The van der Waals surface area contributed by atoms with E-state index in [0.29, 0.717) is 0 Å². The number of carbonyl (C=O) groups excluding carboxylic acids is 2. The molecular formula is C19H20N2O5S. The minimum Gasteiger partial charge on any atom is -0.449 e. The van der Waals surface area contributed by atoms with Crippen LogP contribution in [-0.4, -0.2) is 26.4 Å². The van der Waals surface area contributed by atoms with Crippen molar-refractivity contribution in [3.8, 4) is 0 Å². The predicted octanol–water partition coefficient (Wildman–Crippen LogP) is 2.23. The van der Waals surface area contributed by atoms with Crippen molar-refractivity contribution in [3.05, 3.63) is 65.7 Å². The van der Waals surface area contributed by atoms with E-state index in [1.54, 1.807) is 6.08 Å². The van der Waals surface area contributed by atoms with E-state index in [9.17, 15) is 18.0 Å². The lowest BCUT2D eigenvalue weighted by atomic mass is 10.1. The molecule has 0 unspecified atom stereocenters. The number of benzene rings is 2. The summed E-state index contributed by atoms with van der Waals surface area (Å²) in [5, 5.41) is 7.54. The summed E-state index contributed by atoms with van der Waals surface area (Å²) < 4.78 is 27.8. The average molecular weight is 388 g/mol. The highest BCUT2D eigenvalue weighted by Gasteiger charge is 2.17. The summed E-state index contributed by atoms with van der Waals surface area (Å²) >= 11 is 0. The number of nitrogens with two attached hydrogens (primary N) is 1. The number of rotatable bonds is 6. The standard InChI is InChI=1S/C19H20N2O5S/c1-13-6-3-4-7-15(13)10-11-18(22)26-14(2)19(23)21-16-8-5-9-17(12-16)27(20,24)25/h3-12,14H,1-2H3,(H,21,23)(H2,20,24,25)/b11-10+/t14-/m1/s1. The summed E-state index contributed by atoms with van der Waals surface area (Å²) in [5.74, 6) is -1.27. The molecule has 2 aromatic carbocycles. The van der Waals surface area contributed by atoms with E-state index in [0.717, 1.165) is 11.1 Å². The Hall–Kier alpha value is -2.97. The zero-order valence-corrected chi connectivity index (χ0v) is 15.7. The summed E-state index contributed by atoms with van der Waals surface area (Å²) in [4.78, 5) is 23.9. The Labute approximate surface area is 157 Å². The van der Waals surface area contributed by atoms with Crippen LogP contribution >= 0.6 is 0 Å². The van der Waals surface area contributed by atoms with Crippen LogP contribution in [0.15, 0.2) is 59.5 Å². The molecule has 0 saturated heterocycles. The number of nitrogens with one attached hydrogen (secondary N) is 1. The van der Waals surface area contributed by atoms with Gasteiger partial charge in [-0.15, -0.1) is 0 Å². The van der Waals surface area contributed by atoms with Crippen LogP contribution in [0.25, 0.3) is 6.08 Å². The maximum absolute atomic E-state index is 12.1. The lowest BCUT2D eigenvalue weighted by Gasteiger charge is -2.13. The fourth-order valence-corrected chi connectivity index (χ4v) is 2.75. The fraction of sp³-hybridized carbons (Fsp3) is 0.158. The second-order valence-electron chi connectivity index (χ2n) is 5.83. The van der Waals surface area contributed by atoms with E-state index < -0.39 is 28.0 Å². The lowest BCUT2D eigenvalue weighted by Crippen LogP contribution is -2.29. The molecule has 0 fully saturated rings. The van der Waals surface area contributed by atoms with E-state index in [2.05, 4.69) is 5.32 Å². The number of aryl methyl sites for hydroxylation is 1. The molecule has 1 atom stereocenters. The van der Waals surface area contributed by atoms with Gasteiger partial charge in [-0.2, -0.15) is 0 Å². The number of amides is 1. The first-order chi connectivity index (χ1) is 12.7. The third kappa shape index (κ3) is 6.05. The summed E-state index contributed by atoms with van der Waals surface area (Å²) in [6.07, 6.45) is 1.78. The SMILES string of the molecule is Cc1ccccc1/C=C/C(=O)O[C@H](C)C(=O)Nc1cccc(S(N)(=O)=O)c1. The maximum Gasteiger partial charge on any atom is 0.331 e. The molecule has 27 heavy (non-hydrogen) atoms. The maximum atomic E-state index is 12.1. The molecule has 8 heteroatoms. The molecule has 0 spiro atoms. The summed E-state index contributed by atoms with van der Waals surface area (Å²) in [5.41, 5.74) is 2.10. The third-order valence-electron chi connectivity index (χ3n) is 3.68. The largest absolute Gasteiger partial charge is 0.449 e. The highest BCUT2D eigenvalue weighted by molar-refractivity contribution is 7.89. The van der Waals surface area contributed by atoms with Gasteiger partial charge >= 0.3 is 5.97 Å². The van der Waals surface area contributed by atoms with Crippen LogP contribution < -0.4 is 10.5 Å². The molecule has 0 radical (unpaired) electrons. The first-order valence-electron chi connectivity index (χ1n) is 8.05. The molecular weight excluding hydrogens is 368 g/mol. The Morgan fingerprint density at radius 2 is 1.85 bits per heavy atom. The summed E-state index contributed by atoms with van der Waals surface area (Å²) in [7, 11) is -3.88. The van der Waals surface area contributed by atoms with Crippen molar-refractivity contribution in [1.82, 2.24) is 0 Å². The van der Waals surface area contributed by atoms with E-state index in [-0.39, 0.29) is 10.6 Å². The molecule has 0 aliphatic heterocycles. The van der Waals surface area contributed by atoms with Crippen molar-refractivity contribution in [1.29, 1.82) is 0 Å². The molecule has 3 N–H and O–H groups in total. The van der Waals surface area contributed by atoms with Crippen LogP contribution in [0.5, 0.6) is 0 Å². The van der Waals surface area contributed by atoms with Crippen LogP contribution in [-0.2, 0) is 24.3 Å². The number of carbonyl (C=O) groups is 2.